The van der Waals surface area contributed by atoms with Crippen LogP contribution in [0.5, 0.6) is 0 Å². The van der Waals surface area contributed by atoms with Crippen molar-refractivity contribution in [2.24, 2.45) is 0 Å². The van der Waals surface area contributed by atoms with E-state index in [0.29, 0.717) is 11.3 Å². The minimum atomic E-state index is -0.529. The summed E-state index contributed by atoms with van der Waals surface area (Å²) < 4.78 is 4.93. The molecule has 132 valence electrons. The quantitative estimate of drug-likeness (QED) is 0.594. The molecular weight excluding hydrogens is 344 g/mol. The summed E-state index contributed by atoms with van der Waals surface area (Å²) in [6.45, 7) is 5.22. The van der Waals surface area contributed by atoms with Crippen LogP contribution < -0.4 is 10.9 Å². The van der Waals surface area contributed by atoms with Crippen LogP contribution in [0.25, 0.3) is 0 Å². The number of carbonyl (C=O) groups excluding carboxylic acids is 2. The molecule has 0 aliphatic rings. The summed E-state index contributed by atoms with van der Waals surface area (Å²) in [6.07, 6.45) is 0. The summed E-state index contributed by atoms with van der Waals surface area (Å²) in [4.78, 5) is 38.1. The van der Waals surface area contributed by atoms with E-state index in [1.165, 1.54) is 0 Å². The number of esters is 1. The molecule has 2 N–H and O–H groups in total. The molecule has 1 heterocycles. The first-order valence-electron chi connectivity index (χ1n) is 7.59. The monoisotopic (exact) mass is 362 g/mol. The summed E-state index contributed by atoms with van der Waals surface area (Å²) in [5.74, 6) is -0.747. The maximum atomic E-state index is 12.3. The number of hydrogen-bond donors (Lipinski definition) is 2. The molecule has 0 fully saturated rings. The van der Waals surface area contributed by atoms with Gasteiger partial charge in [0, 0.05) is 5.69 Å². The second-order valence-electron chi connectivity index (χ2n) is 5.10. The van der Waals surface area contributed by atoms with Crippen molar-refractivity contribution < 1.29 is 14.3 Å². The highest BCUT2D eigenvalue weighted by Gasteiger charge is 2.17. The van der Waals surface area contributed by atoms with E-state index in [0.717, 1.165) is 11.8 Å². The first-order chi connectivity index (χ1) is 11.9. The van der Waals surface area contributed by atoms with E-state index in [1.807, 2.05) is 0 Å². The fourth-order valence-electron chi connectivity index (χ4n) is 1.83. The van der Waals surface area contributed by atoms with Gasteiger partial charge in [-0.15, -0.1) is 10.2 Å². The van der Waals surface area contributed by atoms with Crippen LogP contribution in [0.1, 0.15) is 29.9 Å². The van der Waals surface area contributed by atoms with Gasteiger partial charge >= 0.3 is 5.97 Å². The summed E-state index contributed by atoms with van der Waals surface area (Å²) in [5.41, 5.74) is 0.754. The fourth-order valence-corrected chi connectivity index (χ4v) is 2.58. The molecule has 0 saturated carbocycles. The van der Waals surface area contributed by atoms with Gasteiger partial charge in [-0.05, 0) is 39.0 Å². The number of nitrogens with one attached hydrogen (secondary N) is 2. The third kappa shape index (κ3) is 5.15. The van der Waals surface area contributed by atoms with Crippen LogP contribution in [0.2, 0.25) is 0 Å². The predicted octanol–water partition coefficient (Wildman–Crippen LogP) is 1.77. The van der Waals surface area contributed by atoms with Gasteiger partial charge in [0.2, 0.25) is 5.91 Å². The van der Waals surface area contributed by atoms with Gasteiger partial charge in [0.1, 0.15) is 5.69 Å². The summed E-state index contributed by atoms with van der Waals surface area (Å²) in [7, 11) is 0. The van der Waals surface area contributed by atoms with E-state index < -0.39 is 11.2 Å². The number of rotatable bonds is 6. The summed E-state index contributed by atoms with van der Waals surface area (Å²) in [6, 6.07) is 6.48. The van der Waals surface area contributed by atoms with Gasteiger partial charge in [0.25, 0.3) is 5.56 Å². The molecule has 9 heteroatoms. The molecule has 0 aliphatic heterocycles. The summed E-state index contributed by atoms with van der Waals surface area (Å²) in [5, 5.41) is 10.0. The van der Waals surface area contributed by atoms with Crippen molar-refractivity contribution in [1.29, 1.82) is 0 Å². The number of benzene rings is 1. The van der Waals surface area contributed by atoms with Crippen LogP contribution in [0, 0.1) is 6.92 Å². The normalized spacial score (nSPS) is 11.6. The Bertz CT molecular complexity index is 837. The third-order valence-corrected chi connectivity index (χ3v) is 4.11. The molecule has 1 unspecified atom stereocenters. The number of hydrogen-bond acceptors (Lipinski definition) is 7. The third-order valence-electron chi connectivity index (χ3n) is 3.14. The number of aromatic amines is 1. The van der Waals surface area contributed by atoms with Crippen molar-refractivity contribution >= 4 is 29.3 Å². The molecule has 2 rings (SSSR count). The van der Waals surface area contributed by atoms with Gasteiger partial charge in [-0.1, -0.05) is 17.8 Å². The number of nitrogens with zero attached hydrogens (tertiary/aromatic N) is 2. The van der Waals surface area contributed by atoms with Crippen molar-refractivity contribution in [3.05, 3.63) is 45.9 Å². The molecule has 0 bridgehead atoms. The topological polar surface area (TPSA) is 114 Å². The molecule has 1 aromatic carbocycles. The maximum absolute atomic E-state index is 12.3. The Morgan fingerprint density at radius 3 is 2.80 bits per heavy atom. The Hall–Kier alpha value is -2.68. The van der Waals surface area contributed by atoms with Crippen LogP contribution in [-0.4, -0.2) is 38.9 Å². The van der Waals surface area contributed by atoms with E-state index in [1.54, 1.807) is 45.0 Å². The smallest absolute Gasteiger partial charge is 0.338 e. The number of H-pyrrole nitrogens is 1. The van der Waals surface area contributed by atoms with E-state index >= 15 is 0 Å². The van der Waals surface area contributed by atoms with Crippen molar-refractivity contribution in [2.45, 2.75) is 31.2 Å². The SMILES string of the molecule is CCOC(=O)c1cccc(NC(=O)C(C)Sc2nnc(C)c(=O)[nH]2)c1. The molecule has 8 nitrogen and oxygen atoms in total. The van der Waals surface area contributed by atoms with Gasteiger partial charge in [0.05, 0.1) is 17.4 Å². The molecule has 0 spiro atoms. The Labute approximate surface area is 148 Å². The van der Waals surface area contributed by atoms with Gasteiger partial charge in [-0.3, -0.25) is 14.6 Å². The zero-order valence-corrected chi connectivity index (χ0v) is 14.8. The van der Waals surface area contributed by atoms with Gasteiger partial charge in [-0.2, -0.15) is 0 Å². The zero-order chi connectivity index (χ0) is 18.4. The Morgan fingerprint density at radius 2 is 2.12 bits per heavy atom. The first-order valence-corrected chi connectivity index (χ1v) is 8.47. The largest absolute Gasteiger partial charge is 0.462 e. The highest BCUT2D eigenvalue weighted by Crippen LogP contribution is 2.20. The van der Waals surface area contributed by atoms with Crippen LogP contribution in [0.3, 0.4) is 0 Å². The molecule has 1 amide bonds. The number of anilines is 1. The van der Waals surface area contributed by atoms with E-state index in [2.05, 4.69) is 20.5 Å². The number of aromatic nitrogens is 3. The fraction of sp³-hybridized carbons (Fsp3) is 0.312. The molecule has 0 aliphatic carbocycles. The molecule has 2 aromatic rings. The van der Waals surface area contributed by atoms with E-state index in [4.69, 9.17) is 4.74 Å². The highest BCUT2D eigenvalue weighted by atomic mass is 32.2. The van der Waals surface area contributed by atoms with E-state index in [9.17, 15) is 14.4 Å². The van der Waals surface area contributed by atoms with Crippen LogP contribution in [0.4, 0.5) is 5.69 Å². The molecular formula is C16H18N4O4S. The van der Waals surface area contributed by atoms with Crippen molar-refractivity contribution in [3.63, 3.8) is 0 Å². The predicted molar refractivity (Wildman–Crippen MR) is 93.7 cm³/mol. The lowest BCUT2D eigenvalue weighted by molar-refractivity contribution is -0.115. The van der Waals surface area contributed by atoms with Crippen LogP contribution in [0.15, 0.2) is 34.2 Å². The molecule has 25 heavy (non-hydrogen) atoms. The zero-order valence-electron chi connectivity index (χ0n) is 14.0. The number of ether oxygens (including phenoxy) is 1. The first kappa shape index (κ1) is 18.7. The minimum absolute atomic E-state index is 0.261. The second kappa shape index (κ2) is 8.43. The second-order valence-corrected chi connectivity index (χ2v) is 6.42. The number of amides is 1. The molecule has 1 atom stereocenters. The Balaban J connectivity index is 2.03. The van der Waals surface area contributed by atoms with Crippen molar-refractivity contribution in [1.82, 2.24) is 15.2 Å². The Kier molecular flexibility index (Phi) is 6.29. The van der Waals surface area contributed by atoms with Gasteiger partial charge in [0.15, 0.2) is 5.16 Å². The molecule has 0 radical (unpaired) electrons. The molecule has 0 saturated heterocycles. The Morgan fingerprint density at radius 1 is 1.36 bits per heavy atom. The lowest BCUT2D eigenvalue weighted by Gasteiger charge is -2.12. The lowest BCUT2D eigenvalue weighted by atomic mass is 10.2. The summed E-state index contributed by atoms with van der Waals surface area (Å²) >= 11 is 1.08. The van der Waals surface area contributed by atoms with Crippen molar-refractivity contribution in [2.75, 3.05) is 11.9 Å². The molecule has 1 aromatic heterocycles. The van der Waals surface area contributed by atoms with Gasteiger partial charge in [-0.25, -0.2) is 4.79 Å². The average molecular weight is 362 g/mol. The average Bonchev–Trinajstić information content (AvgIpc) is 2.58. The van der Waals surface area contributed by atoms with E-state index in [-0.39, 0.29) is 28.9 Å². The standard InChI is InChI=1S/C16H18N4O4S/c1-4-24-15(23)11-6-5-7-12(8-11)17-14(22)10(3)25-16-18-13(21)9(2)19-20-16/h5-8,10H,4H2,1-3H3,(H,17,22)(H,18,20,21). The minimum Gasteiger partial charge on any atom is -0.462 e. The number of carbonyl (C=O) groups is 2. The van der Waals surface area contributed by atoms with Gasteiger partial charge < -0.3 is 10.1 Å². The van der Waals surface area contributed by atoms with Crippen LogP contribution >= 0.6 is 11.8 Å². The maximum Gasteiger partial charge on any atom is 0.338 e. The van der Waals surface area contributed by atoms with Crippen molar-refractivity contribution in [3.8, 4) is 0 Å². The highest BCUT2D eigenvalue weighted by molar-refractivity contribution is 8.00. The lowest BCUT2D eigenvalue weighted by Crippen LogP contribution is -2.24. The van der Waals surface area contributed by atoms with Crippen LogP contribution in [-0.2, 0) is 9.53 Å². The number of aryl methyl sites for hydroxylation is 1. The number of thioether (sulfide) groups is 1.